The number of benzene rings is 2. The highest BCUT2D eigenvalue weighted by Gasteiger charge is 2.32. The number of carbonyl (C=O) groups excluding carboxylic acids is 2. The summed E-state index contributed by atoms with van der Waals surface area (Å²) in [5.74, 6) is -0.518. The highest BCUT2D eigenvalue weighted by Crippen LogP contribution is 2.33. The number of quaternary nitrogens is 1. The molecule has 0 unspecified atom stereocenters. The Bertz CT molecular complexity index is 919. The number of anilines is 2. The molecule has 1 fully saturated rings. The standard InChI is InChI=1S/C23H27N3O3/c1-3-25-10-12-26(13-11-25)20-9-8-17(14-16(20)2)24-22(27)15-21-18-6-4-5-7-19(18)23(28)29-21/h4-9,14,21H,3,10-13,15H2,1-2H3,(H,24,27)/p+1/t21-/m0/s1. The Morgan fingerprint density at radius 2 is 1.97 bits per heavy atom. The Balaban J connectivity index is 1.38. The lowest BCUT2D eigenvalue weighted by molar-refractivity contribution is -0.898. The summed E-state index contributed by atoms with van der Waals surface area (Å²) in [6.45, 7) is 9.94. The van der Waals surface area contributed by atoms with Crippen molar-refractivity contribution in [1.82, 2.24) is 0 Å². The molecule has 6 nitrogen and oxygen atoms in total. The van der Waals surface area contributed by atoms with Gasteiger partial charge in [0.25, 0.3) is 0 Å². The molecule has 0 saturated carbocycles. The van der Waals surface area contributed by atoms with Crippen molar-refractivity contribution in [2.24, 2.45) is 0 Å². The summed E-state index contributed by atoms with van der Waals surface area (Å²) < 4.78 is 5.37. The minimum atomic E-state index is -0.517. The van der Waals surface area contributed by atoms with E-state index in [9.17, 15) is 9.59 Å². The Hall–Kier alpha value is -2.86. The molecule has 1 amide bonds. The van der Waals surface area contributed by atoms with Crippen molar-refractivity contribution >= 4 is 23.3 Å². The Morgan fingerprint density at radius 3 is 2.69 bits per heavy atom. The van der Waals surface area contributed by atoms with Gasteiger partial charge in [0.15, 0.2) is 0 Å². The van der Waals surface area contributed by atoms with Crippen molar-refractivity contribution in [3.63, 3.8) is 0 Å². The molecular weight excluding hydrogens is 366 g/mol. The van der Waals surface area contributed by atoms with E-state index in [1.807, 2.05) is 24.3 Å². The van der Waals surface area contributed by atoms with Gasteiger partial charge in [0.05, 0.1) is 44.7 Å². The Morgan fingerprint density at radius 1 is 1.21 bits per heavy atom. The van der Waals surface area contributed by atoms with Crippen LogP contribution in [0.25, 0.3) is 0 Å². The highest BCUT2D eigenvalue weighted by molar-refractivity contribution is 5.96. The van der Waals surface area contributed by atoms with Gasteiger partial charge in [0.2, 0.25) is 5.91 Å². The van der Waals surface area contributed by atoms with Gasteiger partial charge in [-0.15, -0.1) is 0 Å². The first-order valence-corrected chi connectivity index (χ1v) is 10.3. The topological polar surface area (TPSA) is 63.1 Å². The van der Waals surface area contributed by atoms with Gasteiger partial charge in [-0.05, 0) is 43.7 Å². The normalized spacial score (nSPS) is 19.0. The Labute approximate surface area is 171 Å². The minimum Gasteiger partial charge on any atom is -0.453 e. The number of esters is 1. The SMILES string of the molecule is CC[NH+]1CCN(c2ccc(NC(=O)C[C@@H]3OC(=O)c4ccccc43)cc2C)CC1. The van der Waals surface area contributed by atoms with Crippen LogP contribution in [0.4, 0.5) is 11.4 Å². The quantitative estimate of drug-likeness (QED) is 0.761. The number of cyclic esters (lactones) is 1. The largest absolute Gasteiger partial charge is 0.453 e. The molecule has 6 heteroatoms. The summed E-state index contributed by atoms with van der Waals surface area (Å²) >= 11 is 0. The molecule has 2 aliphatic heterocycles. The van der Waals surface area contributed by atoms with E-state index in [-0.39, 0.29) is 18.3 Å². The van der Waals surface area contributed by atoms with E-state index >= 15 is 0 Å². The van der Waals surface area contributed by atoms with Crippen molar-refractivity contribution in [1.29, 1.82) is 0 Å². The van der Waals surface area contributed by atoms with Crippen LogP contribution in [-0.2, 0) is 9.53 Å². The Kier molecular flexibility index (Phi) is 5.53. The maximum atomic E-state index is 12.5. The zero-order valence-electron chi connectivity index (χ0n) is 17.0. The molecular formula is C23H28N3O3+. The minimum absolute atomic E-state index is 0.116. The van der Waals surface area contributed by atoms with Crippen LogP contribution in [0, 0.1) is 6.92 Å². The van der Waals surface area contributed by atoms with Crippen LogP contribution in [-0.4, -0.2) is 44.6 Å². The van der Waals surface area contributed by atoms with Crippen molar-refractivity contribution < 1.29 is 19.2 Å². The molecule has 0 spiro atoms. The molecule has 152 valence electrons. The summed E-state index contributed by atoms with van der Waals surface area (Å²) in [6, 6.07) is 13.3. The molecule has 0 radical (unpaired) electrons. The second-order valence-corrected chi connectivity index (χ2v) is 7.83. The van der Waals surface area contributed by atoms with Crippen molar-refractivity contribution in [3.8, 4) is 0 Å². The van der Waals surface area contributed by atoms with Crippen LogP contribution >= 0.6 is 0 Å². The summed E-state index contributed by atoms with van der Waals surface area (Å²) in [5.41, 5.74) is 4.49. The van der Waals surface area contributed by atoms with E-state index in [2.05, 4.69) is 30.1 Å². The van der Waals surface area contributed by atoms with Crippen molar-refractivity contribution in [3.05, 3.63) is 59.2 Å². The van der Waals surface area contributed by atoms with Crippen LogP contribution in [0.5, 0.6) is 0 Å². The number of nitrogens with one attached hydrogen (secondary N) is 2. The van der Waals surface area contributed by atoms with Gasteiger partial charge >= 0.3 is 5.97 Å². The summed E-state index contributed by atoms with van der Waals surface area (Å²) in [7, 11) is 0. The number of piperazine rings is 1. The zero-order chi connectivity index (χ0) is 20.4. The van der Waals surface area contributed by atoms with Crippen LogP contribution in [0.1, 0.15) is 40.9 Å². The molecule has 1 saturated heterocycles. The van der Waals surface area contributed by atoms with Crippen molar-refractivity contribution in [2.75, 3.05) is 42.9 Å². The van der Waals surface area contributed by atoms with Gasteiger partial charge in [-0.1, -0.05) is 18.2 Å². The molecule has 4 rings (SSSR count). The maximum absolute atomic E-state index is 12.5. The van der Waals surface area contributed by atoms with E-state index in [4.69, 9.17) is 4.74 Å². The molecule has 0 aliphatic carbocycles. The summed E-state index contributed by atoms with van der Waals surface area (Å²) in [5, 5.41) is 2.95. The fraction of sp³-hybridized carbons (Fsp3) is 0.391. The first-order chi connectivity index (χ1) is 14.0. The van der Waals surface area contributed by atoms with Crippen LogP contribution in [0.3, 0.4) is 0 Å². The molecule has 2 N–H and O–H groups in total. The van der Waals surface area contributed by atoms with E-state index in [0.29, 0.717) is 5.56 Å². The van der Waals surface area contributed by atoms with Gasteiger partial charge in [0, 0.05) is 16.9 Å². The molecule has 2 aliphatic rings. The van der Waals surface area contributed by atoms with Crippen LogP contribution < -0.4 is 15.1 Å². The number of amides is 1. The average molecular weight is 394 g/mol. The number of ether oxygens (including phenoxy) is 1. The van der Waals surface area contributed by atoms with E-state index < -0.39 is 6.10 Å². The predicted octanol–water partition coefficient (Wildman–Crippen LogP) is 1.96. The lowest BCUT2D eigenvalue weighted by Crippen LogP contribution is -3.14. The molecule has 2 aromatic carbocycles. The summed E-state index contributed by atoms with van der Waals surface area (Å²) in [6.07, 6.45) is -0.401. The molecule has 0 aromatic heterocycles. The molecule has 0 bridgehead atoms. The first kappa shape index (κ1) is 19.5. The molecule has 2 aromatic rings. The third kappa shape index (κ3) is 4.12. The second-order valence-electron chi connectivity index (χ2n) is 7.83. The summed E-state index contributed by atoms with van der Waals surface area (Å²) in [4.78, 5) is 28.5. The number of rotatable bonds is 5. The smallest absolute Gasteiger partial charge is 0.339 e. The second kappa shape index (κ2) is 8.25. The lowest BCUT2D eigenvalue weighted by Gasteiger charge is -2.34. The highest BCUT2D eigenvalue weighted by atomic mass is 16.5. The molecule has 1 atom stereocenters. The van der Waals surface area contributed by atoms with Gasteiger partial charge in [-0.25, -0.2) is 4.79 Å². The van der Waals surface area contributed by atoms with E-state index in [1.165, 1.54) is 12.2 Å². The number of hydrogen-bond donors (Lipinski definition) is 2. The number of nitrogens with zero attached hydrogens (tertiary/aromatic N) is 1. The number of likely N-dealkylation sites (N-methyl/N-ethyl adjacent to an activating group) is 1. The monoisotopic (exact) mass is 394 g/mol. The van der Waals surface area contributed by atoms with Gasteiger partial charge in [0.1, 0.15) is 6.10 Å². The number of fused-ring (bicyclic) bond motifs is 1. The van der Waals surface area contributed by atoms with Crippen LogP contribution in [0.2, 0.25) is 0 Å². The fourth-order valence-electron chi connectivity index (χ4n) is 4.26. The van der Waals surface area contributed by atoms with Gasteiger partial charge in [-0.2, -0.15) is 0 Å². The third-order valence-electron chi connectivity index (χ3n) is 5.94. The number of aryl methyl sites for hydroxylation is 1. The zero-order valence-corrected chi connectivity index (χ0v) is 17.0. The average Bonchev–Trinajstić information content (AvgIpc) is 3.04. The fourth-order valence-corrected chi connectivity index (χ4v) is 4.26. The number of hydrogen-bond acceptors (Lipinski definition) is 4. The molecule has 2 heterocycles. The van der Waals surface area contributed by atoms with Crippen molar-refractivity contribution in [2.45, 2.75) is 26.4 Å². The molecule has 29 heavy (non-hydrogen) atoms. The van der Waals surface area contributed by atoms with Gasteiger partial charge < -0.3 is 19.9 Å². The van der Waals surface area contributed by atoms with Gasteiger partial charge in [-0.3, -0.25) is 4.79 Å². The third-order valence-corrected chi connectivity index (χ3v) is 5.94. The first-order valence-electron chi connectivity index (χ1n) is 10.3. The van der Waals surface area contributed by atoms with E-state index in [1.54, 1.807) is 17.0 Å². The number of carbonyl (C=O) groups is 2. The predicted molar refractivity (Wildman–Crippen MR) is 112 cm³/mol. The maximum Gasteiger partial charge on any atom is 0.339 e. The lowest BCUT2D eigenvalue weighted by atomic mass is 10.0. The van der Waals surface area contributed by atoms with Crippen LogP contribution in [0.15, 0.2) is 42.5 Å². The van der Waals surface area contributed by atoms with E-state index in [0.717, 1.165) is 43.0 Å².